The third kappa shape index (κ3) is 3.65. The van der Waals surface area contributed by atoms with Crippen molar-refractivity contribution in [2.45, 2.75) is 19.0 Å². The third-order valence-electron chi connectivity index (χ3n) is 3.73. The first-order valence-corrected chi connectivity index (χ1v) is 7.85. The average molecular weight is 349 g/mol. The molecule has 3 amide bonds. The van der Waals surface area contributed by atoms with Gasteiger partial charge in [-0.3, -0.25) is 14.5 Å². The Morgan fingerprint density at radius 3 is 2.92 bits per heavy atom. The van der Waals surface area contributed by atoms with Crippen molar-refractivity contribution in [2.75, 3.05) is 11.4 Å². The Bertz CT molecular complexity index is 745. The number of urea groups is 1. The van der Waals surface area contributed by atoms with E-state index in [0.29, 0.717) is 23.7 Å². The van der Waals surface area contributed by atoms with Gasteiger partial charge in [0.2, 0.25) is 5.91 Å². The van der Waals surface area contributed by atoms with Gasteiger partial charge >= 0.3 is 6.03 Å². The Labute approximate surface area is 143 Å². The maximum atomic E-state index is 12.4. The molecule has 0 aliphatic carbocycles. The number of aromatic nitrogens is 3. The molecular weight excluding hydrogens is 332 g/mol. The number of pyridine rings is 1. The number of carbonyl (C=O) groups excluding carboxylic acids is 2. The van der Waals surface area contributed by atoms with Gasteiger partial charge in [-0.2, -0.15) is 5.10 Å². The molecule has 2 aromatic heterocycles. The highest BCUT2D eigenvalue weighted by Gasteiger charge is 2.34. The van der Waals surface area contributed by atoms with Crippen LogP contribution >= 0.6 is 11.6 Å². The van der Waals surface area contributed by atoms with Gasteiger partial charge in [-0.1, -0.05) is 11.6 Å². The van der Waals surface area contributed by atoms with Gasteiger partial charge in [0.1, 0.15) is 6.04 Å². The summed E-state index contributed by atoms with van der Waals surface area (Å²) >= 11 is 5.76. The monoisotopic (exact) mass is 348 g/mol. The van der Waals surface area contributed by atoms with E-state index in [0.717, 1.165) is 5.69 Å². The number of aryl methyl sites for hydroxylation is 1. The average Bonchev–Trinajstić information content (AvgIpc) is 3.13. The topological polar surface area (TPSA) is 92.1 Å². The quantitative estimate of drug-likeness (QED) is 0.864. The lowest BCUT2D eigenvalue weighted by molar-refractivity contribution is -0.118. The zero-order valence-electron chi connectivity index (χ0n) is 13.1. The number of hydrogen-bond acceptors (Lipinski definition) is 4. The molecule has 0 bridgehead atoms. The van der Waals surface area contributed by atoms with Crippen LogP contribution < -0.4 is 15.5 Å². The molecule has 0 saturated carbocycles. The minimum atomic E-state index is -0.539. The van der Waals surface area contributed by atoms with Crippen LogP contribution in [0.3, 0.4) is 0 Å². The van der Waals surface area contributed by atoms with E-state index in [1.54, 1.807) is 41.2 Å². The van der Waals surface area contributed by atoms with Crippen LogP contribution in [0.2, 0.25) is 5.02 Å². The third-order valence-corrected chi connectivity index (χ3v) is 3.96. The van der Waals surface area contributed by atoms with Crippen LogP contribution in [-0.2, 0) is 18.4 Å². The lowest BCUT2D eigenvalue weighted by atomic mass is 10.2. The second-order valence-corrected chi connectivity index (χ2v) is 5.93. The number of anilines is 1. The second-order valence-electron chi connectivity index (χ2n) is 5.50. The van der Waals surface area contributed by atoms with Crippen molar-refractivity contribution in [3.05, 3.63) is 41.4 Å². The highest BCUT2D eigenvalue weighted by molar-refractivity contribution is 6.30. The largest absolute Gasteiger partial charge is 0.332 e. The van der Waals surface area contributed by atoms with E-state index in [1.165, 1.54) is 6.20 Å². The highest BCUT2D eigenvalue weighted by Crippen LogP contribution is 2.20. The molecule has 0 spiro atoms. The summed E-state index contributed by atoms with van der Waals surface area (Å²) in [4.78, 5) is 30.1. The van der Waals surface area contributed by atoms with E-state index < -0.39 is 12.1 Å². The Hall–Kier alpha value is -2.61. The van der Waals surface area contributed by atoms with Crippen LogP contribution in [-0.4, -0.2) is 39.3 Å². The number of halogens is 1. The molecule has 1 atom stereocenters. The summed E-state index contributed by atoms with van der Waals surface area (Å²) in [5, 5.41) is 9.97. The van der Waals surface area contributed by atoms with Crippen LogP contribution in [0.15, 0.2) is 30.7 Å². The predicted octanol–water partition coefficient (Wildman–Crippen LogP) is 1.07. The normalized spacial score (nSPS) is 17.2. The molecule has 2 N–H and O–H groups in total. The second kappa shape index (κ2) is 6.88. The molecule has 0 radical (unpaired) electrons. The van der Waals surface area contributed by atoms with Gasteiger partial charge < -0.3 is 15.5 Å². The van der Waals surface area contributed by atoms with E-state index in [1.807, 2.05) is 0 Å². The molecule has 8 nitrogen and oxygen atoms in total. The van der Waals surface area contributed by atoms with Gasteiger partial charge in [-0.15, -0.1) is 0 Å². The van der Waals surface area contributed by atoms with Crippen LogP contribution in [0.25, 0.3) is 0 Å². The summed E-state index contributed by atoms with van der Waals surface area (Å²) in [6.45, 7) is 0.810. The summed E-state index contributed by atoms with van der Waals surface area (Å²) in [6, 6.07) is 2.49. The van der Waals surface area contributed by atoms with Gasteiger partial charge in [0.05, 0.1) is 29.1 Å². The molecule has 126 valence electrons. The fraction of sp³-hybridized carbons (Fsp3) is 0.333. The van der Waals surface area contributed by atoms with E-state index in [9.17, 15) is 9.59 Å². The van der Waals surface area contributed by atoms with E-state index in [4.69, 9.17) is 11.6 Å². The lowest BCUT2D eigenvalue weighted by Crippen LogP contribution is -2.46. The molecule has 1 fully saturated rings. The van der Waals surface area contributed by atoms with Crippen molar-refractivity contribution in [2.24, 2.45) is 7.05 Å². The molecule has 0 aromatic carbocycles. The molecule has 3 rings (SSSR count). The number of carbonyl (C=O) groups is 2. The molecule has 1 unspecified atom stereocenters. The molecule has 1 saturated heterocycles. The molecule has 1 aliphatic rings. The van der Waals surface area contributed by atoms with Gasteiger partial charge in [-0.25, -0.2) is 4.79 Å². The van der Waals surface area contributed by atoms with Crippen molar-refractivity contribution in [3.8, 4) is 0 Å². The van der Waals surface area contributed by atoms with Crippen LogP contribution in [0.1, 0.15) is 12.1 Å². The Morgan fingerprint density at radius 1 is 1.42 bits per heavy atom. The van der Waals surface area contributed by atoms with Crippen molar-refractivity contribution in [3.63, 3.8) is 0 Å². The van der Waals surface area contributed by atoms with Crippen LogP contribution in [0.5, 0.6) is 0 Å². The van der Waals surface area contributed by atoms with Gasteiger partial charge in [0.15, 0.2) is 0 Å². The Balaban J connectivity index is 1.51. The Morgan fingerprint density at radius 2 is 2.25 bits per heavy atom. The number of nitrogens with zero attached hydrogens (tertiary/aromatic N) is 4. The van der Waals surface area contributed by atoms with Gasteiger partial charge in [0, 0.05) is 26.0 Å². The molecule has 3 heterocycles. The van der Waals surface area contributed by atoms with Gasteiger partial charge in [-0.05, 0) is 18.6 Å². The number of nitrogens with one attached hydrogen (secondary N) is 2. The molecule has 1 aliphatic heterocycles. The van der Waals surface area contributed by atoms with Crippen molar-refractivity contribution in [1.29, 1.82) is 0 Å². The molecule has 2 aromatic rings. The SMILES string of the molecule is Cn1cc(N2CCC(NC(=O)NCc3ccc(Cl)cn3)C2=O)cn1. The fourth-order valence-corrected chi connectivity index (χ4v) is 2.62. The summed E-state index contributed by atoms with van der Waals surface area (Å²) < 4.78 is 1.63. The summed E-state index contributed by atoms with van der Waals surface area (Å²) in [6.07, 6.45) is 5.47. The summed E-state index contributed by atoms with van der Waals surface area (Å²) in [5.41, 5.74) is 1.42. The lowest BCUT2D eigenvalue weighted by Gasteiger charge is -2.15. The van der Waals surface area contributed by atoms with E-state index >= 15 is 0 Å². The number of rotatable bonds is 4. The maximum Gasteiger partial charge on any atom is 0.315 e. The summed E-state index contributed by atoms with van der Waals surface area (Å²) in [5.74, 6) is -0.136. The molecule has 24 heavy (non-hydrogen) atoms. The molecular formula is C15H17ClN6O2. The van der Waals surface area contributed by atoms with Crippen LogP contribution in [0, 0.1) is 0 Å². The first-order valence-electron chi connectivity index (χ1n) is 7.48. The zero-order chi connectivity index (χ0) is 17.1. The van der Waals surface area contributed by atoms with Crippen molar-refractivity contribution < 1.29 is 9.59 Å². The van der Waals surface area contributed by atoms with E-state index in [-0.39, 0.29) is 12.5 Å². The Kier molecular flexibility index (Phi) is 4.66. The standard InChI is InChI=1S/C15H17ClN6O2/c1-21-9-12(8-19-21)22-5-4-13(14(22)23)20-15(24)18-7-11-3-2-10(16)6-17-11/h2-3,6,8-9,13H,4-5,7H2,1H3,(H2,18,20,24). The minimum absolute atomic E-state index is 0.136. The first-order chi connectivity index (χ1) is 11.5. The minimum Gasteiger partial charge on any atom is -0.332 e. The van der Waals surface area contributed by atoms with Crippen molar-refractivity contribution in [1.82, 2.24) is 25.4 Å². The number of amides is 3. The number of hydrogen-bond donors (Lipinski definition) is 2. The maximum absolute atomic E-state index is 12.4. The van der Waals surface area contributed by atoms with Crippen molar-refractivity contribution >= 4 is 29.2 Å². The predicted molar refractivity (Wildman–Crippen MR) is 88.6 cm³/mol. The fourth-order valence-electron chi connectivity index (χ4n) is 2.51. The van der Waals surface area contributed by atoms with Crippen LogP contribution in [0.4, 0.5) is 10.5 Å². The highest BCUT2D eigenvalue weighted by atomic mass is 35.5. The first kappa shape index (κ1) is 16.3. The smallest absolute Gasteiger partial charge is 0.315 e. The summed E-state index contributed by atoms with van der Waals surface area (Å²) in [7, 11) is 1.79. The van der Waals surface area contributed by atoms with E-state index in [2.05, 4.69) is 20.7 Å². The van der Waals surface area contributed by atoms with Gasteiger partial charge in [0.25, 0.3) is 0 Å². The zero-order valence-corrected chi connectivity index (χ0v) is 13.8. The molecule has 9 heteroatoms.